The van der Waals surface area contributed by atoms with Crippen LogP contribution in [0.2, 0.25) is 0 Å². The normalized spacial score (nSPS) is 11.1. The van der Waals surface area contributed by atoms with Gasteiger partial charge >= 0.3 is 17.9 Å². The third kappa shape index (κ3) is 36.6. The summed E-state index contributed by atoms with van der Waals surface area (Å²) in [6.07, 6.45) is 4.04. The Bertz CT molecular complexity index is 766. The molecule has 0 amide bonds. The lowest BCUT2D eigenvalue weighted by Gasteiger charge is -2.09. The van der Waals surface area contributed by atoms with Gasteiger partial charge in [-0.05, 0) is 6.42 Å². The first-order chi connectivity index (χ1) is 23.5. The zero-order chi connectivity index (χ0) is 35.2. The predicted molar refractivity (Wildman–Crippen MR) is 170 cm³/mol. The fourth-order valence-corrected chi connectivity index (χ4v) is 3.45. The van der Waals surface area contributed by atoms with Crippen molar-refractivity contribution in [1.29, 1.82) is 0 Å². The molecule has 0 aliphatic heterocycles. The van der Waals surface area contributed by atoms with Crippen molar-refractivity contribution in [1.82, 2.24) is 0 Å². The van der Waals surface area contributed by atoms with Crippen LogP contribution in [-0.2, 0) is 71.3 Å². The molecule has 1 N–H and O–H groups in total. The number of rotatable bonds is 39. The van der Waals surface area contributed by atoms with Crippen molar-refractivity contribution in [2.45, 2.75) is 51.9 Å². The second-order valence-electron chi connectivity index (χ2n) is 9.99. The number of ether oxygens (including phenoxy) is 11. The van der Waals surface area contributed by atoms with E-state index < -0.39 is 17.7 Å². The molecular formula is C32H58O16. The quantitative estimate of drug-likeness (QED) is 0.0553. The summed E-state index contributed by atoms with van der Waals surface area (Å²) in [6, 6.07) is 0. The molecule has 0 aromatic rings. The van der Waals surface area contributed by atoms with Crippen LogP contribution < -0.4 is 0 Å². The number of hydrogen-bond acceptors (Lipinski definition) is 15. The van der Waals surface area contributed by atoms with E-state index in [1.54, 1.807) is 0 Å². The summed E-state index contributed by atoms with van der Waals surface area (Å²) in [7, 11) is 0. The highest BCUT2D eigenvalue weighted by atomic mass is 16.6. The summed E-state index contributed by atoms with van der Waals surface area (Å²) in [5.41, 5.74) is 0. The molecule has 0 spiro atoms. The summed E-state index contributed by atoms with van der Waals surface area (Å²) in [5.74, 6) is -3.41. The van der Waals surface area contributed by atoms with Gasteiger partial charge in [-0.1, -0.05) is 26.2 Å². The van der Waals surface area contributed by atoms with Crippen LogP contribution in [0.3, 0.4) is 0 Å². The van der Waals surface area contributed by atoms with Crippen molar-refractivity contribution in [3.8, 4) is 0 Å². The van der Waals surface area contributed by atoms with Crippen LogP contribution in [0, 0.1) is 0 Å². The van der Waals surface area contributed by atoms with Gasteiger partial charge in [0.1, 0.15) is 13.2 Å². The molecule has 282 valence electrons. The maximum Gasteiger partial charge on any atom is 0.372 e. The zero-order valence-electron chi connectivity index (χ0n) is 28.7. The molecule has 16 nitrogen and oxygen atoms in total. The number of carbonyl (C=O) groups is 4. The van der Waals surface area contributed by atoms with E-state index >= 15 is 0 Å². The fourth-order valence-electron chi connectivity index (χ4n) is 3.45. The Morgan fingerprint density at radius 3 is 0.958 bits per heavy atom. The van der Waals surface area contributed by atoms with Gasteiger partial charge in [-0.15, -0.1) is 0 Å². The van der Waals surface area contributed by atoms with Gasteiger partial charge in [0.25, 0.3) is 0 Å². The van der Waals surface area contributed by atoms with Gasteiger partial charge in [-0.2, -0.15) is 0 Å². The highest BCUT2D eigenvalue weighted by Gasteiger charge is 2.14. The molecule has 0 aliphatic rings. The molecule has 0 bridgehead atoms. The average Bonchev–Trinajstić information content (AvgIpc) is 3.07. The minimum Gasteiger partial charge on any atom is -0.476 e. The molecule has 0 saturated carbocycles. The van der Waals surface area contributed by atoms with Crippen LogP contribution in [0.15, 0.2) is 0 Å². The van der Waals surface area contributed by atoms with E-state index in [-0.39, 0.29) is 38.6 Å². The van der Waals surface area contributed by atoms with Crippen molar-refractivity contribution < 1.29 is 76.4 Å². The van der Waals surface area contributed by atoms with Crippen LogP contribution in [0.1, 0.15) is 51.9 Å². The van der Waals surface area contributed by atoms with Gasteiger partial charge in [0.05, 0.1) is 125 Å². The second-order valence-corrected chi connectivity index (χ2v) is 9.99. The first-order valence-electron chi connectivity index (χ1n) is 16.7. The molecule has 0 heterocycles. The Morgan fingerprint density at radius 2 is 0.667 bits per heavy atom. The molecule has 0 atom stereocenters. The highest BCUT2D eigenvalue weighted by molar-refractivity contribution is 6.32. The standard InChI is InChI=1S/C32H58O16/c1-2-3-4-5-6-30(34)47-27-25-45-23-21-43-19-17-41-15-13-39-11-9-38-10-12-40-14-16-42-18-20-44-22-24-46-26-28-48-31(35)8-7-29(33)32(36)37/h2-28H2,1H3,(H,36,37). The SMILES string of the molecule is CCCCCCC(=O)OCCOCCOCCOCCOCCOCCOCCOCCOCCOCCOC(=O)CCC(=O)C(=O)O. The van der Waals surface area contributed by atoms with E-state index in [4.69, 9.17) is 57.2 Å². The predicted octanol–water partition coefficient (Wildman–Crippen LogP) is 1.63. The Morgan fingerprint density at radius 1 is 0.375 bits per heavy atom. The van der Waals surface area contributed by atoms with Crippen molar-refractivity contribution in [2.75, 3.05) is 132 Å². The highest BCUT2D eigenvalue weighted by Crippen LogP contribution is 2.03. The van der Waals surface area contributed by atoms with E-state index in [1.165, 1.54) is 0 Å². The Balaban J connectivity index is 3.15. The summed E-state index contributed by atoms with van der Waals surface area (Å²) in [5, 5.41) is 8.44. The van der Waals surface area contributed by atoms with E-state index in [0.717, 1.165) is 25.7 Å². The summed E-state index contributed by atoms with van der Waals surface area (Å²) in [4.78, 5) is 44.2. The lowest BCUT2D eigenvalue weighted by molar-refractivity contribution is -0.151. The maximum atomic E-state index is 11.5. The molecule has 0 aromatic heterocycles. The largest absolute Gasteiger partial charge is 0.476 e. The van der Waals surface area contributed by atoms with E-state index in [0.29, 0.717) is 119 Å². The number of aliphatic carboxylic acids is 1. The first kappa shape index (κ1) is 45.7. The number of carboxylic acid groups (broad SMARTS) is 1. The van der Waals surface area contributed by atoms with Gasteiger partial charge in [0.2, 0.25) is 5.78 Å². The summed E-state index contributed by atoms with van der Waals surface area (Å²) < 4.78 is 58.6. The van der Waals surface area contributed by atoms with Crippen LogP contribution in [0.25, 0.3) is 0 Å². The molecular weight excluding hydrogens is 640 g/mol. The molecule has 0 fully saturated rings. The van der Waals surface area contributed by atoms with Gasteiger partial charge in [0, 0.05) is 12.8 Å². The molecule has 16 heteroatoms. The molecule has 0 unspecified atom stereocenters. The maximum absolute atomic E-state index is 11.5. The Labute approximate surface area is 284 Å². The number of unbranched alkanes of at least 4 members (excludes halogenated alkanes) is 3. The van der Waals surface area contributed by atoms with Gasteiger partial charge in [-0.3, -0.25) is 14.4 Å². The van der Waals surface area contributed by atoms with Crippen molar-refractivity contribution in [2.24, 2.45) is 0 Å². The number of esters is 2. The third-order valence-electron chi connectivity index (χ3n) is 5.99. The fraction of sp³-hybridized carbons (Fsp3) is 0.875. The van der Waals surface area contributed by atoms with Crippen molar-refractivity contribution in [3.05, 3.63) is 0 Å². The summed E-state index contributed by atoms with van der Waals surface area (Å²) in [6.45, 7) is 9.88. The van der Waals surface area contributed by atoms with Gasteiger partial charge in [0.15, 0.2) is 0 Å². The topological polar surface area (TPSA) is 190 Å². The number of ketones is 1. The average molecular weight is 699 g/mol. The van der Waals surface area contributed by atoms with Crippen LogP contribution in [-0.4, -0.2) is 161 Å². The van der Waals surface area contributed by atoms with Crippen LogP contribution in [0.5, 0.6) is 0 Å². The molecule has 0 radical (unpaired) electrons. The van der Waals surface area contributed by atoms with E-state index in [2.05, 4.69) is 6.92 Å². The van der Waals surface area contributed by atoms with Gasteiger partial charge in [-0.25, -0.2) is 4.79 Å². The molecule has 48 heavy (non-hydrogen) atoms. The molecule has 0 aromatic carbocycles. The molecule has 0 aliphatic carbocycles. The Kier molecular flexibility index (Phi) is 35.8. The van der Waals surface area contributed by atoms with Gasteiger partial charge < -0.3 is 57.2 Å². The summed E-state index contributed by atoms with van der Waals surface area (Å²) >= 11 is 0. The second kappa shape index (κ2) is 37.5. The van der Waals surface area contributed by atoms with E-state index in [9.17, 15) is 19.2 Å². The third-order valence-corrected chi connectivity index (χ3v) is 5.99. The minimum absolute atomic E-state index is 0.0109. The van der Waals surface area contributed by atoms with Crippen molar-refractivity contribution >= 4 is 23.7 Å². The van der Waals surface area contributed by atoms with Crippen LogP contribution in [0.4, 0.5) is 0 Å². The Hall–Kier alpha value is -2.28. The minimum atomic E-state index is -1.57. The van der Waals surface area contributed by atoms with Crippen molar-refractivity contribution in [3.63, 3.8) is 0 Å². The smallest absolute Gasteiger partial charge is 0.372 e. The zero-order valence-corrected chi connectivity index (χ0v) is 28.7. The number of hydrogen-bond donors (Lipinski definition) is 1. The number of carbonyl (C=O) groups excluding carboxylic acids is 3. The van der Waals surface area contributed by atoms with E-state index in [1.807, 2.05) is 0 Å². The number of Topliss-reactive ketones (excluding diaryl/α,β-unsaturated/α-hetero) is 1. The lowest BCUT2D eigenvalue weighted by Crippen LogP contribution is -2.17. The lowest BCUT2D eigenvalue weighted by atomic mass is 10.2. The van der Waals surface area contributed by atoms with Crippen LogP contribution >= 0.6 is 0 Å². The number of carboxylic acids is 1. The first-order valence-corrected chi connectivity index (χ1v) is 16.7. The molecule has 0 rings (SSSR count). The molecule has 0 saturated heterocycles. The monoisotopic (exact) mass is 698 g/mol.